The maximum atomic E-state index is 12.0. The molecule has 0 aliphatic rings. The number of nitrogens with zero attached hydrogens (tertiary/aromatic N) is 3. The van der Waals surface area contributed by atoms with E-state index in [9.17, 15) is 4.79 Å². The van der Waals surface area contributed by atoms with Crippen LogP contribution in [0.25, 0.3) is 0 Å². The predicted molar refractivity (Wildman–Crippen MR) is 88.1 cm³/mol. The molecule has 0 aliphatic heterocycles. The van der Waals surface area contributed by atoms with E-state index in [2.05, 4.69) is 32.6 Å². The van der Waals surface area contributed by atoms with Crippen molar-refractivity contribution in [1.29, 1.82) is 0 Å². The molecule has 7 heteroatoms. The molecule has 22 heavy (non-hydrogen) atoms. The minimum absolute atomic E-state index is 0.210. The summed E-state index contributed by atoms with van der Waals surface area (Å²) in [5, 5.41) is 11.3. The van der Waals surface area contributed by atoms with Gasteiger partial charge in [-0.3, -0.25) is 15.1 Å². The first-order chi connectivity index (χ1) is 10.8. The average molecular weight is 328 g/mol. The van der Waals surface area contributed by atoms with E-state index in [1.165, 1.54) is 16.9 Å². The van der Waals surface area contributed by atoms with E-state index in [1.54, 1.807) is 36.3 Å². The van der Waals surface area contributed by atoms with Gasteiger partial charge in [-0.15, -0.1) is 10.2 Å². The second-order valence-electron chi connectivity index (χ2n) is 4.34. The first-order valence-electron chi connectivity index (χ1n) is 6.53. The van der Waals surface area contributed by atoms with E-state index in [4.69, 9.17) is 0 Å². The highest BCUT2D eigenvalue weighted by Gasteiger charge is 2.10. The Kier molecular flexibility index (Phi) is 4.77. The number of thioether (sulfide) groups is 1. The lowest BCUT2D eigenvalue weighted by Crippen LogP contribution is -2.11. The third kappa shape index (κ3) is 3.90. The molecule has 0 fully saturated rings. The van der Waals surface area contributed by atoms with E-state index in [0.29, 0.717) is 10.7 Å². The van der Waals surface area contributed by atoms with Gasteiger partial charge in [0.05, 0.1) is 0 Å². The molecule has 0 unspecified atom stereocenters. The van der Waals surface area contributed by atoms with E-state index in [0.717, 1.165) is 10.1 Å². The first kappa shape index (κ1) is 14.7. The molecule has 2 heterocycles. The lowest BCUT2D eigenvalue weighted by Gasteiger charge is -1.99. The monoisotopic (exact) mass is 328 g/mol. The molecular weight excluding hydrogens is 316 g/mol. The van der Waals surface area contributed by atoms with Crippen LogP contribution in [-0.4, -0.2) is 21.1 Å². The molecule has 3 aromatic rings. The molecule has 0 atom stereocenters. The molecule has 0 saturated heterocycles. The van der Waals surface area contributed by atoms with Gasteiger partial charge in [-0.2, -0.15) is 0 Å². The summed E-state index contributed by atoms with van der Waals surface area (Å²) in [6, 6.07) is 13.5. The lowest BCUT2D eigenvalue weighted by molar-refractivity contribution is 0.102. The fraction of sp³-hybridized carbons (Fsp3) is 0.0667. The van der Waals surface area contributed by atoms with Gasteiger partial charge < -0.3 is 0 Å². The highest BCUT2D eigenvalue weighted by Crippen LogP contribution is 2.28. The number of anilines is 1. The normalized spacial score (nSPS) is 10.4. The van der Waals surface area contributed by atoms with Crippen molar-refractivity contribution in [3.05, 3.63) is 66.0 Å². The zero-order chi connectivity index (χ0) is 15.2. The molecule has 0 saturated carbocycles. The van der Waals surface area contributed by atoms with Gasteiger partial charge in [0.25, 0.3) is 5.91 Å². The summed E-state index contributed by atoms with van der Waals surface area (Å²) in [5.74, 6) is 0.617. The molecule has 110 valence electrons. The number of aromatic nitrogens is 3. The number of amides is 1. The summed E-state index contributed by atoms with van der Waals surface area (Å²) in [4.78, 5) is 15.9. The fourth-order valence-corrected chi connectivity index (χ4v) is 3.41. The minimum atomic E-state index is -0.210. The maximum absolute atomic E-state index is 12.0. The minimum Gasteiger partial charge on any atom is -0.296 e. The molecule has 0 bridgehead atoms. The molecule has 1 aromatic carbocycles. The summed E-state index contributed by atoms with van der Waals surface area (Å²) < 4.78 is 0.828. The van der Waals surface area contributed by atoms with Crippen molar-refractivity contribution >= 4 is 34.1 Å². The van der Waals surface area contributed by atoms with Gasteiger partial charge in [0.15, 0.2) is 4.34 Å². The van der Waals surface area contributed by atoms with Crippen LogP contribution < -0.4 is 5.32 Å². The summed E-state index contributed by atoms with van der Waals surface area (Å²) in [7, 11) is 0. The third-order valence-electron chi connectivity index (χ3n) is 2.77. The summed E-state index contributed by atoms with van der Waals surface area (Å²) in [5.41, 5.74) is 1.77. The Morgan fingerprint density at radius 3 is 2.64 bits per heavy atom. The Morgan fingerprint density at radius 1 is 1.09 bits per heavy atom. The number of carbonyl (C=O) groups excluding carboxylic acids is 1. The highest BCUT2D eigenvalue weighted by atomic mass is 32.2. The molecule has 3 rings (SSSR count). The number of pyridine rings is 1. The van der Waals surface area contributed by atoms with Crippen LogP contribution >= 0.6 is 23.1 Å². The van der Waals surface area contributed by atoms with E-state index in [-0.39, 0.29) is 5.91 Å². The van der Waals surface area contributed by atoms with Gasteiger partial charge in [-0.1, -0.05) is 53.4 Å². The number of nitrogens with one attached hydrogen (secondary N) is 1. The van der Waals surface area contributed by atoms with Crippen molar-refractivity contribution in [3.8, 4) is 0 Å². The van der Waals surface area contributed by atoms with Crippen LogP contribution in [-0.2, 0) is 5.75 Å². The van der Waals surface area contributed by atoms with Crippen molar-refractivity contribution < 1.29 is 4.79 Å². The van der Waals surface area contributed by atoms with Crippen LogP contribution in [0.15, 0.2) is 59.2 Å². The Balaban J connectivity index is 1.58. The van der Waals surface area contributed by atoms with Crippen LogP contribution in [0, 0.1) is 0 Å². The summed E-state index contributed by atoms with van der Waals surface area (Å²) in [6.07, 6.45) is 3.16. The Morgan fingerprint density at radius 2 is 1.86 bits per heavy atom. The lowest BCUT2D eigenvalue weighted by atomic mass is 10.2. The molecule has 2 aromatic heterocycles. The summed E-state index contributed by atoms with van der Waals surface area (Å²) >= 11 is 2.97. The van der Waals surface area contributed by atoms with Crippen molar-refractivity contribution in [3.63, 3.8) is 0 Å². The smallest absolute Gasteiger partial charge is 0.257 e. The van der Waals surface area contributed by atoms with E-state index < -0.39 is 0 Å². The van der Waals surface area contributed by atoms with Crippen LogP contribution in [0.2, 0.25) is 0 Å². The number of carbonyl (C=O) groups is 1. The maximum Gasteiger partial charge on any atom is 0.257 e. The number of hydrogen-bond donors (Lipinski definition) is 1. The molecular formula is C15H12N4OS2. The quantitative estimate of drug-likeness (QED) is 0.574. The third-order valence-corrected chi connectivity index (χ3v) is 4.82. The SMILES string of the molecule is O=C(Nc1nnc(SCc2ccccc2)s1)c1ccncc1. The van der Waals surface area contributed by atoms with Gasteiger partial charge in [0, 0.05) is 23.7 Å². The average Bonchev–Trinajstić information content (AvgIpc) is 3.02. The van der Waals surface area contributed by atoms with Crippen LogP contribution in [0.4, 0.5) is 5.13 Å². The predicted octanol–water partition coefficient (Wildman–Crippen LogP) is 3.48. The van der Waals surface area contributed by atoms with Gasteiger partial charge in [-0.25, -0.2) is 0 Å². The largest absolute Gasteiger partial charge is 0.296 e. The van der Waals surface area contributed by atoms with Crippen LogP contribution in [0.1, 0.15) is 15.9 Å². The summed E-state index contributed by atoms with van der Waals surface area (Å²) in [6.45, 7) is 0. The highest BCUT2D eigenvalue weighted by molar-refractivity contribution is 8.00. The second-order valence-corrected chi connectivity index (χ2v) is 6.54. The van der Waals surface area contributed by atoms with Gasteiger partial charge in [-0.05, 0) is 17.7 Å². The number of benzene rings is 1. The molecule has 0 spiro atoms. The molecule has 1 N–H and O–H groups in total. The molecule has 0 radical (unpaired) electrons. The molecule has 0 aliphatic carbocycles. The topological polar surface area (TPSA) is 67.8 Å². The fourth-order valence-electron chi connectivity index (χ4n) is 1.71. The molecule has 1 amide bonds. The number of hydrogen-bond acceptors (Lipinski definition) is 6. The van der Waals surface area contributed by atoms with Gasteiger partial charge in [0.1, 0.15) is 0 Å². The number of rotatable bonds is 5. The Labute approximate surface area is 135 Å². The van der Waals surface area contributed by atoms with Crippen molar-refractivity contribution in [2.45, 2.75) is 10.1 Å². The first-order valence-corrected chi connectivity index (χ1v) is 8.33. The Bertz CT molecular complexity index is 747. The van der Waals surface area contributed by atoms with Gasteiger partial charge in [0.2, 0.25) is 5.13 Å². The standard InChI is InChI=1S/C15H12N4OS2/c20-13(12-6-8-16-9-7-12)17-14-18-19-15(22-14)21-10-11-4-2-1-3-5-11/h1-9H,10H2,(H,17,18,20). The zero-order valence-corrected chi connectivity index (χ0v) is 13.1. The second kappa shape index (κ2) is 7.15. The van der Waals surface area contributed by atoms with Crippen LogP contribution in [0.3, 0.4) is 0 Å². The molecule has 5 nitrogen and oxygen atoms in total. The zero-order valence-electron chi connectivity index (χ0n) is 11.5. The van der Waals surface area contributed by atoms with Crippen molar-refractivity contribution in [2.75, 3.05) is 5.32 Å². The van der Waals surface area contributed by atoms with Crippen LogP contribution in [0.5, 0.6) is 0 Å². The van der Waals surface area contributed by atoms with Crippen molar-refractivity contribution in [2.24, 2.45) is 0 Å². The van der Waals surface area contributed by atoms with E-state index in [1.807, 2.05) is 18.2 Å². The van der Waals surface area contributed by atoms with Crippen molar-refractivity contribution in [1.82, 2.24) is 15.2 Å². The van der Waals surface area contributed by atoms with Gasteiger partial charge >= 0.3 is 0 Å². The van der Waals surface area contributed by atoms with E-state index >= 15 is 0 Å². The Hall–Kier alpha value is -2.25.